The second kappa shape index (κ2) is 8.00. The molecule has 2 unspecified atom stereocenters. The monoisotopic (exact) mass is 265 g/mol. The smallest absolute Gasteiger partial charge is 0.186 e. The molecular weight excluding hydrogens is 242 g/mol. The maximum atomic E-state index is 9.85. The SMILES string of the molecule is CO[C@@H]1C(CO)O[C@@H](OCCCCN)[C@@H](O)C1O. The van der Waals surface area contributed by atoms with Crippen molar-refractivity contribution in [2.24, 2.45) is 5.73 Å². The first-order chi connectivity index (χ1) is 8.65. The highest BCUT2D eigenvalue weighted by Gasteiger charge is 2.44. The van der Waals surface area contributed by atoms with Crippen LogP contribution in [0.1, 0.15) is 12.8 Å². The molecule has 1 saturated heterocycles. The Balaban J connectivity index is 2.48. The summed E-state index contributed by atoms with van der Waals surface area (Å²) < 4.78 is 15.7. The fourth-order valence-corrected chi connectivity index (χ4v) is 1.93. The van der Waals surface area contributed by atoms with E-state index in [4.69, 9.17) is 25.1 Å². The quantitative estimate of drug-likeness (QED) is 0.401. The Morgan fingerprint density at radius 1 is 1.22 bits per heavy atom. The van der Waals surface area contributed by atoms with Gasteiger partial charge in [0.05, 0.1) is 6.61 Å². The second-order valence-electron chi connectivity index (χ2n) is 4.27. The molecule has 5 N–H and O–H groups in total. The number of hydrogen-bond donors (Lipinski definition) is 4. The van der Waals surface area contributed by atoms with Gasteiger partial charge in [-0.25, -0.2) is 0 Å². The molecule has 18 heavy (non-hydrogen) atoms. The Morgan fingerprint density at radius 2 is 1.94 bits per heavy atom. The Hall–Kier alpha value is -0.280. The van der Waals surface area contributed by atoms with Crippen LogP contribution in [0.4, 0.5) is 0 Å². The summed E-state index contributed by atoms with van der Waals surface area (Å²) >= 11 is 0. The molecule has 0 amide bonds. The standard InChI is InChI=1S/C11H23NO6/c1-16-10-7(6-13)18-11(9(15)8(10)14)17-5-3-2-4-12/h7-11,13-15H,2-6,12H2,1H3/t7?,8?,9-,10+,11+/m0/s1. The third kappa shape index (κ3) is 3.86. The van der Waals surface area contributed by atoms with Gasteiger partial charge in [0.1, 0.15) is 24.4 Å². The summed E-state index contributed by atoms with van der Waals surface area (Å²) in [7, 11) is 1.38. The second-order valence-corrected chi connectivity index (χ2v) is 4.27. The molecule has 5 atom stereocenters. The van der Waals surface area contributed by atoms with Crippen LogP contribution in [0.25, 0.3) is 0 Å². The van der Waals surface area contributed by atoms with Crippen molar-refractivity contribution < 1.29 is 29.5 Å². The summed E-state index contributed by atoms with van der Waals surface area (Å²) in [6.45, 7) is 0.636. The minimum Gasteiger partial charge on any atom is -0.394 e. The predicted octanol–water partition coefficient (Wildman–Crippen LogP) is -1.80. The Morgan fingerprint density at radius 3 is 2.50 bits per heavy atom. The van der Waals surface area contributed by atoms with Gasteiger partial charge >= 0.3 is 0 Å². The lowest BCUT2D eigenvalue weighted by molar-refractivity contribution is -0.304. The number of unbranched alkanes of at least 4 members (excludes halogenated alkanes) is 1. The van der Waals surface area contributed by atoms with Gasteiger partial charge < -0.3 is 35.3 Å². The normalized spacial score (nSPS) is 36.8. The number of aliphatic hydroxyl groups excluding tert-OH is 3. The van der Waals surface area contributed by atoms with Crippen molar-refractivity contribution >= 4 is 0 Å². The van der Waals surface area contributed by atoms with E-state index in [9.17, 15) is 10.2 Å². The third-order valence-electron chi connectivity index (χ3n) is 2.97. The van der Waals surface area contributed by atoms with Crippen molar-refractivity contribution in [3.05, 3.63) is 0 Å². The van der Waals surface area contributed by atoms with Crippen LogP contribution in [0.15, 0.2) is 0 Å². The van der Waals surface area contributed by atoms with Crippen LogP contribution in [0, 0.1) is 0 Å². The summed E-state index contributed by atoms with van der Waals surface area (Å²) in [5.74, 6) is 0. The average molecular weight is 265 g/mol. The van der Waals surface area contributed by atoms with Crippen molar-refractivity contribution in [2.45, 2.75) is 43.5 Å². The van der Waals surface area contributed by atoms with E-state index in [1.165, 1.54) is 7.11 Å². The van der Waals surface area contributed by atoms with Crippen LogP contribution < -0.4 is 5.73 Å². The van der Waals surface area contributed by atoms with Gasteiger partial charge in [0.2, 0.25) is 0 Å². The molecule has 1 heterocycles. The molecule has 0 radical (unpaired) electrons. The summed E-state index contributed by atoms with van der Waals surface area (Å²) in [4.78, 5) is 0. The van der Waals surface area contributed by atoms with E-state index in [-0.39, 0.29) is 6.61 Å². The maximum Gasteiger partial charge on any atom is 0.186 e. The van der Waals surface area contributed by atoms with Gasteiger partial charge in [-0.15, -0.1) is 0 Å². The number of ether oxygens (including phenoxy) is 3. The molecule has 1 aliphatic heterocycles. The zero-order chi connectivity index (χ0) is 13.5. The number of hydrogen-bond acceptors (Lipinski definition) is 7. The van der Waals surface area contributed by atoms with Gasteiger partial charge in [-0.3, -0.25) is 0 Å². The summed E-state index contributed by atoms with van der Waals surface area (Å²) in [6.07, 6.45) is -3.23. The minimum absolute atomic E-state index is 0.315. The molecule has 0 aromatic carbocycles. The number of aliphatic hydroxyl groups is 3. The molecule has 7 nitrogen and oxygen atoms in total. The molecule has 0 spiro atoms. The lowest BCUT2D eigenvalue weighted by Gasteiger charge is -2.41. The van der Waals surface area contributed by atoms with Crippen LogP contribution in [-0.4, -0.2) is 72.9 Å². The van der Waals surface area contributed by atoms with Crippen LogP contribution in [0.2, 0.25) is 0 Å². The van der Waals surface area contributed by atoms with Crippen LogP contribution in [0.5, 0.6) is 0 Å². The van der Waals surface area contributed by atoms with Gasteiger partial charge in [0.25, 0.3) is 0 Å². The molecule has 7 heteroatoms. The summed E-state index contributed by atoms with van der Waals surface area (Å²) in [6, 6.07) is 0. The van der Waals surface area contributed by atoms with E-state index >= 15 is 0 Å². The molecule has 0 aromatic heterocycles. The first-order valence-corrected chi connectivity index (χ1v) is 6.12. The van der Waals surface area contributed by atoms with Crippen molar-refractivity contribution in [1.82, 2.24) is 0 Å². The largest absolute Gasteiger partial charge is 0.394 e. The molecule has 108 valence electrons. The molecule has 1 aliphatic rings. The highest BCUT2D eigenvalue weighted by atomic mass is 16.7. The van der Waals surface area contributed by atoms with Gasteiger partial charge in [-0.2, -0.15) is 0 Å². The highest BCUT2D eigenvalue weighted by Crippen LogP contribution is 2.23. The van der Waals surface area contributed by atoms with Gasteiger partial charge in [0.15, 0.2) is 6.29 Å². The minimum atomic E-state index is -1.20. The van der Waals surface area contributed by atoms with Gasteiger partial charge in [0, 0.05) is 13.7 Å². The first kappa shape index (κ1) is 15.8. The van der Waals surface area contributed by atoms with E-state index in [0.717, 1.165) is 12.8 Å². The highest BCUT2D eigenvalue weighted by molar-refractivity contribution is 4.89. The topological polar surface area (TPSA) is 114 Å². The van der Waals surface area contributed by atoms with Gasteiger partial charge in [-0.1, -0.05) is 0 Å². The molecule has 1 rings (SSSR count). The van der Waals surface area contributed by atoms with Crippen LogP contribution >= 0.6 is 0 Å². The number of nitrogens with two attached hydrogens (primary N) is 1. The van der Waals surface area contributed by atoms with Crippen molar-refractivity contribution in [1.29, 1.82) is 0 Å². The third-order valence-corrected chi connectivity index (χ3v) is 2.97. The van der Waals surface area contributed by atoms with Crippen LogP contribution in [0.3, 0.4) is 0 Å². The Bertz CT molecular complexity index is 228. The summed E-state index contributed by atoms with van der Waals surface area (Å²) in [5, 5.41) is 28.8. The fourth-order valence-electron chi connectivity index (χ4n) is 1.93. The Kier molecular flexibility index (Phi) is 7.02. The van der Waals surface area contributed by atoms with E-state index in [0.29, 0.717) is 13.2 Å². The van der Waals surface area contributed by atoms with Crippen LogP contribution in [-0.2, 0) is 14.2 Å². The molecule has 0 saturated carbocycles. The molecule has 0 aromatic rings. The lowest BCUT2D eigenvalue weighted by atomic mass is 9.99. The zero-order valence-electron chi connectivity index (χ0n) is 10.6. The average Bonchev–Trinajstić information content (AvgIpc) is 2.39. The van der Waals surface area contributed by atoms with Crippen molar-refractivity contribution in [3.63, 3.8) is 0 Å². The van der Waals surface area contributed by atoms with E-state index in [1.54, 1.807) is 0 Å². The van der Waals surface area contributed by atoms with E-state index in [1.807, 2.05) is 0 Å². The van der Waals surface area contributed by atoms with Crippen molar-refractivity contribution in [2.75, 3.05) is 26.9 Å². The molecule has 0 aliphatic carbocycles. The molecule has 0 bridgehead atoms. The predicted molar refractivity (Wildman–Crippen MR) is 62.8 cm³/mol. The van der Waals surface area contributed by atoms with E-state index in [2.05, 4.69) is 0 Å². The first-order valence-electron chi connectivity index (χ1n) is 6.12. The molecule has 1 fully saturated rings. The Labute approximate surface area is 106 Å². The number of methoxy groups -OCH3 is 1. The lowest BCUT2D eigenvalue weighted by Crippen LogP contribution is -2.59. The van der Waals surface area contributed by atoms with Crippen molar-refractivity contribution in [3.8, 4) is 0 Å². The molecular formula is C11H23NO6. The fraction of sp³-hybridized carbons (Fsp3) is 1.00. The van der Waals surface area contributed by atoms with E-state index < -0.39 is 30.7 Å². The summed E-state index contributed by atoms with van der Waals surface area (Å²) in [5.41, 5.74) is 5.35. The zero-order valence-corrected chi connectivity index (χ0v) is 10.6. The number of rotatable bonds is 7. The maximum absolute atomic E-state index is 9.85. The van der Waals surface area contributed by atoms with Gasteiger partial charge in [-0.05, 0) is 19.4 Å².